The first-order chi connectivity index (χ1) is 13.0. The molecule has 0 bridgehead atoms. The molecule has 142 valence electrons. The molecule has 0 fully saturated rings. The van der Waals surface area contributed by atoms with Crippen molar-refractivity contribution in [2.45, 2.75) is 6.92 Å². The second kappa shape index (κ2) is 10.2. The summed E-state index contributed by atoms with van der Waals surface area (Å²) >= 11 is 3.39. The summed E-state index contributed by atoms with van der Waals surface area (Å²) in [6.07, 6.45) is 1.41. The van der Waals surface area contributed by atoms with Gasteiger partial charge < -0.3 is 20.5 Å². The largest absolute Gasteiger partial charge is 0.490 e. The van der Waals surface area contributed by atoms with Gasteiger partial charge in [-0.15, -0.1) is 0 Å². The van der Waals surface area contributed by atoms with Crippen molar-refractivity contribution in [2.75, 3.05) is 18.5 Å². The van der Waals surface area contributed by atoms with Crippen molar-refractivity contribution in [3.8, 4) is 11.5 Å². The SMILES string of the molecule is CCOc1cc(/C=N/NC(N)=O)c(Br)cc1OCC(=O)Nc1ccccc1. The lowest BCUT2D eigenvalue weighted by molar-refractivity contribution is -0.118. The van der Waals surface area contributed by atoms with Gasteiger partial charge in [-0.1, -0.05) is 18.2 Å². The Morgan fingerprint density at radius 3 is 2.56 bits per heavy atom. The number of ether oxygens (including phenoxy) is 2. The lowest BCUT2D eigenvalue weighted by Gasteiger charge is -2.14. The average Bonchev–Trinajstić information content (AvgIpc) is 2.63. The number of anilines is 1. The number of carbonyl (C=O) groups excluding carboxylic acids is 2. The van der Waals surface area contributed by atoms with Crippen LogP contribution in [-0.4, -0.2) is 31.4 Å². The van der Waals surface area contributed by atoms with Gasteiger partial charge in [0.15, 0.2) is 18.1 Å². The summed E-state index contributed by atoms with van der Waals surface area (Å²) in [4.78, 5) is 22.7. The van der Waals surface area contributed by atoms with E-state index in [0.717, 1.165) is 0 Å². The van der Waals surface area contributed by atoms with Crippen LogP contribution in [0.4, 0.5) is 10.5 Å². The number of hydrogen-bond donors (Lipinski definition) is 3. The van der Waals surface area contributed by atoms with E-state index in [1.165, 1.54) is 6.21 Å². The molecule has 0 heterocycles. The highest BCUT2D eigenvalue weighted by Gasteiger charge is 2.12. The van der Waals surface area contributed by atoms with Crippen LogP contribution in [0.2, 0.25) is 0 Å². The number of primary amides is 1. The lowest BCUT2D eigenvalue weighted by atomic mass is 10.2. The normalized spacial score (nSPS) is 10.4. The Bertz CT molecular complexity index is 828. The molecule has 0 aliphatic rings. The fourth-order valence-corrected chi connectivity index (χ4v) is 2.48. The maximum absolute atomic E-state index is 12.1. The van der Waals surface area contributed by atoms with E-state index in [0.29, 0.717) is 33.8 Å². The van der Waals surface area contributed by atoms with Gasteiger partial charge in [-0.3, -0.25) is 4.79 Å². The van der Waals surface area contributed by atoms with Gasteiger partial charge in [0.1, 0.15) is 0 Å². The molecule has 4 N–H and O–H groups in total. The summed E-state index contributed by atoms with van der Waals surface area (Å²) in [5.41, 5.74) is 8.39. The predicted octanol–water partition coefficient (Wildman–Crippen LogP) is 2.87. The van der Waals surface area contributed by atoms with Crippen molar-refractivity contribution in [1.29, 1.82) is 0 Å². The molecule has 0 aliphatic heterocycles. The smallest absolute Gasteiger partial charge is 0.332 e. The van der Waals surface area contributed by atoms with Crippen LogP contribution < -0.4 is 25.9 Å². The minimum Gasteiger partial charge on any atom is -0.490 e. The summed E-state index contributed by atoms with van der Waals surface area (Å²) in [6.45, 7) is 2.05. The first kappa shape index (κ1) is 20.2. The average molecular weight is 435 g/mol. The van der Waals surface area contributed by atoms with E-state index in [4.69, 9.17) is 15.2 Å². The maximum Gasteiger partial charge on any atom is 0.332 e. The summed E-state index contributed by atoms with van der Waals surface area (Å²) in [7, 11) is 0. The number of carbonyl (C=O) groups is 2. The Morgan fingerprint density at radius 1 is 1.19 bits per heavy atom. The molecule has 2 aromatic rings. The molecule has 0 atom stereocenters. The van der Waals surface area contributed by atoms with Gasteiger partial charge >= 0.3 is 6.03 Å². The first-order valence-electron chi connectivity index (χ1n) is 8.02. The number of urea groups is 1. The van der Waals surface area contributed by atoms with Crippen molar-refractivity contribution in [1.82, 2.24) is 5.43 Å². The molecule has 0 spiro atoms. The topological polar surface area (TPSA) is 115 Å². The molecule has 2 aromatic carbocycles. The molecule has 27 heavy (non-hydrogen) atoms. The molecular weight excluding hydrogens is 416 g/mol. The van der Waals surface area contributed by atoms with E-state index in [2.05, 4.69) is 31.8 Å². The van der Waals surface area contributed by atoms with E-state index in [-0.39, 0.29) is 12.5 Å². The van der Waals surface area contributed by atoms with Gasteiger partial charge in [0, 0.05) is 15.7 Å². The highest BCUT2D eigenvalue weighted by atomic mass is 79.9. The fraction of sp³-hybridized carbons (Fsp3) is 0.167. The number of benzene rings is 2. The highest BCUT2D eigenvalue weighted by Crippen LogP contribution is 2.33. The van der Waals surface area contributed by atoms with Crippen LogP contribution in [0.5, 0.6) is 11.5 Å². The van der Waals surface area contributed by atoms with Gasteiger partial charge in [-0.05, 0) is 47.1 Å². The summed E-state index contributed by atoms with van der Waals surface area (Å²) in [5.74, 6) is 0.539. The minimum atomic E-state index is -0.767. The zero-order chi connectivity index (χ0) is 19.6. The summed E-state index contributed by atoms with van der Waals surface area (Å²) in [6, 6.07) is 11.7. The fourth-order valence-electron chi connectivity index (χ4n) is 2.06. The van der Waals surface area contributed by atoms with Crippen molar-refractivity contribution in [3.05, 3.63) is 52.5 Å². The van der Waals surface area contributed by atoms with Crippen molar-refractivity contribution < 1.29 is 19.1 Å². The minimum absolute atomic E-state index is 0.182. The number of hydrogen-bond acceptors (Lipinski definition) is 5. The van der Waals surface area contributed by atoms with Crippen LogP contribution >= 0.6 is 15.9 Å². The predicted molar refractivity (Wildman–Crippen MR) is 106 cm³/mol. The molecule has 2 rings (SSSR count). The van der Waals surface area contributed by atoms with E-state index in [1.54, 1.807) is 24.3 Å². The van der Waals surface area contributed by atoms with E-state index in [1.807, 2.05) is 25.1 Å². The molecular formula is C18H19BrN4O4. The molecule has 0 aliphatic carbocycles. The van der Waals surface area contributed by atoms with Crippen LogP contribution in [0.25, 0.3) is 0 Å². The van der Waals surface area contributed by atoms with Gasteiger partial charge in [-0.2, -0.15) is 5.10 Å². The van der Waals surface area contributed by atoms with Crippen LogP contribution in [-0.2, 0) is 4.79 Å². The number of rotatable bonds is 8. The third-order valence-electron chi connectivity index (χ3n) is 3.16. The molecule has 0 saturated heterocycles. The molecule has 0 aromatic heterocycles. The Kier molecular flexibility index (Phi) is 7.63. The lowest BCUT2D eigenvalue weighted by Crippen LogP contribution is -2.24. The van der Waals surface area contributed by atoms with Crippen molar-refractivity contribution in [3.63, 3.8) is 0 Å². The zero-order valence-electron chi connectivity index (χ0n) is 14.6. The van der Waals surface area contributed by atoms with E-state index < -0.39 is 6.03 Å². The number of nitrogens with zero attached hydrogens (tertiary/aromatic N) is 1. The molecule has 8 nitrogen and oxygen atoms in total. The molecule has 9 heteroatoms. The standard InChI is InChI=1S/C18H19BrN4O4/c1-2-26-15-8-12(10-21-23-18(20)25)14(19)9-16(15)27-11-17(24)22-13-6-4-3-5-7-13/h3-10H,2,11H2,1H3,(H,22,24)(H3,20,23,25)/b21-10+. The monoisotopic (exact) mass is 434 g/mol. The first-order valence-corrected chi connectivity index (χ1v) is 8.81. The molecule has 0 radical (unpaired) electrons. The second-order valence-electron chi connectivity index (χ2n) is 5.19. The Labute approximate surface area is 164 Å². The maximum atomic E-state index is 12.1. The number of amides is 3. The number of para-hydroxylation sites is 1. The van der Waals surface area contributed by atoms with Gasteiger partial charge in [0.25, 0.3) is 5.91 Å². The van der Waals surface area contributed by atoms with Gasteiger partial charge in [-0.25, -0.2) is 10.2 Å². The highest BCUT2D eigenvalue weighted by molar-refractivity contribution is 9.10. The number of nitrogens with two attached hydrogens (primary N) is 1. The third-order valence-corrected chi connectivity index (χ3v) is 3.84. The second-order valence-corrected chi connectivity index (χ2v) is 6.04. The van der Waals surface area contributed by atoms with Crippen molar-refractivity contribution in [2.24, 2.45) is 10.8 Å². The van der Waals surface area contributed by atoms with Crippen LogP contribution in [0, 0.1) is 0 Å². The Morgan fingerprint density at radius 2 is 1.89 bits per heavy atom. The van der Waals surface area contributed by atoms with E-state index >= 15 is 0 Å². The van der Waals surface area contributed by atoms with Gasteiger partial charge in [0.05, 0.1) is 12.8 Å². The Hall–Kier alpha value is -3.07. The van der Waals surface area contributed by atoms with Gasteiger partial charge in [0.2, 0.25) is 0 Å². The Balaban J connectivity index is 2.08. The number of hydrazone groups is 1. The summed E-state index contributed by atoms with van der Waals surface area (Å²) < 4.78 is 11.8. The number of nitrogens with one attached hydrogen (secondary N) is 2. The summed E-state index contributed by atoms with van der Waals surface area (Å²) in [5, 5.41) is 6.45. The van der Waals surface area contributed by atoms with Crippen molar-refractivity contribution >= 4 is 39.8 Å². The third kappa shape index (κ3) is 6.63. The number of halogens is 1. The zero-order valence-corrected chi connectivity index (χ0v) is 16.2. The van der Waals surface area contributed by atoms with Crippen LogP contribution in [0.1, 0.15) is 12.5 Å². The molecule has 0 unspecified atom stereocenters. The quantitative estimate of drug-likeness (QED) is 0.437. The van der Waals surface area contributed by atoms with E-state index in [9.17, 15) is 9.59 Å². The molecule has 0 saturated carbocycles. The van der Waals surface area contributed by atoms with Crippen LogP contribution in [0.3, 0.4) is 0 Å². The molecule has 3 amide bonds. The van der Waals surface area contributed by atoms with Crippen LogP contribution in [0.15, 0.2) is 52.0 Å².